The van der Waals surface area contributed by atoms with Crippen LogP contribution < -0.4 is 5.32 Å². The molecule has 0 saturated carbocycles. The molecule has 0 aliphatic heterocycles. The second-order valence-electron chi connectivity index (χ2n) is 5.28. The molecule has 1 N–H and O–H groups in total. The van der Waals surface area contributed by atoms with Gasteiger partial charge in [-0.3, -0.25) is 0 Å². The van der Waals surface area contributed by atoms with Gasteiger partial charge < -0.3 is 5.32 Å². The van der Waals surface area contributed by atoms with Crippen molar-refractivity contribution in [3.63, 3.8) is 0 Å². The summed E-state index contributed by atoms with van der Waals surface area (Å²) in [6.07, 6.45) is 3.22. The largest absolute Gasteiger partial charge is 0.308 e. The Morgan fingerprint density at radius 1 is 1.29 bits per heavy atom. The third-order valence-corrected chi connectivity index (χ3v) is 2.91. The van der Waals surface area contributed by atoms with Crippen LogP contribution in [-0.2, 0) is 0 Å². The van der Waals surface area contributed by atoms with Crippen molar-refractivity contribution < 1.29 is 0 Å². The van der Waals surface area contributed by atoms with Crippen LogP contribution in [-0.4, -0.2) is 12.1 Å². The van der Waals surface area contributed by atoms with Crippen molar-refractivity contribution in [2.24, 2.45) is 0 Å². The van der Waals surface area contributed by atoms with E-state index in [4.69, 9.17) is 11.6 Å². The number of nitrogens with one attached hydrogen (secondary N) is 1. The highest BCUT2D eigenvalue weighted by Crippen LogP contribution is 2.19. The van der Waals surface area contributed by atoms with Crippen LogP contribution in [0.15, 0.2) is 29.8 Å². The van der Waals surface area contributed by atoms with Gasteiger partial charge in [0.25, 0.3) is 0 Å². The predicted octanol–water partition coefficient (Wildman–Crippen LogP) is 4.52. The molecule has 0 unspecified atom stereocenters. The summed E-state index contributed by atoms with van der Waals surface area (Å²) in [5.41, 5.74) is 2.61. The van der Waals surface area contributed by atoms with E-state index in [0.717, 1.165) is 23.6 Å². The molecule has 0 fully saturated rings. The van der Waals surface area contributed by atoms with Crippen molar-refractivity contribution >= 4 is 17.7 Å². The van der Waals surface area contributed by atoms with Crippen molar-refractivity contribution in [2.45, 2.75) is 39.7 Å². The van der Waals surface area contributed by atoms with Gasteiger partial charge in [-0.25, -0.2) is 0 Å². The Labute approximate surface area is 110 Å². The molecular weight excluding hydrogens is 230 g/mol. The van der Waals surface area contributed by atoms with Crippen molar-refractivity contribution in [3.05, 3.63) is 40.4 Å². The molecule has 0 radical (unpaired) electrons. The van der Waals surface area contributed by atoms with Gasteiger partial charge in [0.2, 0.25) is 0 Å². The average molecular weight is 252 g/mol. The van der Waals surface area contributed by atoms with Gasteiger partial charge >= 0.3 is 0 Å². The van der Waals surface area contributed by atoms with Crippen molar-refractivity contribution in [2.75, 3.05) is 6.54 Å². The minimum absolute atomic E-state index is 0.148. The van der Waals surface area contributed by atoms with Crippen LogP contribution in [0.2, 0.25) is 5.02 Å². The third-order valence-electron chi connectivity index (χ3n) is 2.56. The van der Waals surface area contributed by atoms with Gasteiger partial charge in [-0.1, -0.05) is 48.4 Å². The maximum absolute atomic E-state index is 6.15. The molecule has 17 heavy (non-hydrogen) atoms. The van der Waals surface area contributed by atoms with Gasteiger partial charge in [-0.05, 0) is 38.8 Å². The van der Waals surface area contributed by atoms with Gasteiger partial charge in [0.15, 0.2) is 0 Å². The standard InChI is InChI=1S/C15H22ClN/c1-5-12(11-17-15(2,3)4)10-13-8-6-7-9-14(13)16/h6-10,17H,5,11H2,1-4H3. The lowest BCUT2D eigenvalue weighted by atomic mass is 10.1. The quantitative estimate of drug-likeness (QED) is 0.830. The summed E-state index contributed by atoms with van der Waals surface area (Å²) in [5.74, 6) is 0. The zero-order valence-corrected chi connectivity index (χ0v) is 11.9. The van der Waals surface area contributed by atoms with Crippen LogP contribution in [0.3, 0.4) is 0 Å². The summed E-state index contributed by atoms with van der Waals surface area (Å²) in [6, 6.07) is 7.95. The SMILES string of the molecule is CCC(=Cc1ccccc1Cl)CNC(C)(C)C. The van der Waals surface area contributed by atoms with E-state index >= 15 is 0 Å². The van der Waals surface area contributed by atoms with Crippen LogP contribution in [0.5, 0.6) is 0 Å². The first kappa shape index (κ1) is 14.3. The normalized spacial score (nSPS) is 12.9. The zero-order valence-electron chi connectivity index (χ0n) is 11.2. The summed E-state index contributed by atoms with van der Waals surface area (Å²) < 4.78 is 0. The molecule has 1 nitrogen and oxygen atoms in total. The van der Waals surface area contributed by atoms with Crippen LogP contribution in [0.4, 0.5) is 0 Å². The molecule has 0 spiro atoms. The molecule has 2 heteroatoms. The Morgan fingerprint density at radius 3 is 2.47 bits per heavy atom. The van der Waals surface area contributed by atoms with Gasteiger partial charge in [-0.15, -0.1) is 0 Å². The topological polar surface area (TPSA) is 12.0 Å². The van der Waals surface area contributed by atoms with Crippen molar-refractivity contribution in [1.82, 2.24) is 5.32 Å². The fourth-order valence-corrected chi connectivity index (χ4v) is 1.66. The first-order valence-corrected chi connectivity index (χ1v) is 6.49. The van der Waals surface area contributed by atoms with Gasteiger partial charge in [0.05, 0.1) is 0 Å². The van der Waals surface area contributed by atoms with E-state index in [2.05, 4.69) is 45.2 Å². The zero-order chi connectivity index (χ0) is 12.9. The number of hydrogen-bond acceptors (Lipinski definition) is 1. The Balaban J connectivity index is 2.77. The summed E-state index contributed by atoms with van der Waals surface area (Å²) in [5, 5.41) is 4.32. The monoisotopic (exact) mass is 251 g/mol. The molecule has 0 aliphatic carbocycles. The van der Waals surface area contributed by atoms with E-state index in [1.165, 1.54) is 5.57 Å². The molecule has 0 bridgehead atoms. The van der Waals surface area contributed by atoms with Gasteiger partial charge in [0.1, 0.15) is 0 Å². The number of benzene rings is 1. The minimum Gasteiger partial charge on any atom is -0.308 e. The molecule has 0 saturated heterocycles. The van der Waals surface area contributed by atoms with E-state index < -0.39 is 0 Å². The third kappa shape index (κ3) is 5.38. The van der Waals surface area contributed by atoms with E-state index in [9.17, 15) is 0 Å². The molecule has 0 aliphatic rings. The fourth-order valence-electron chi connectivity index (χ4n) is 1.47. The van der Waals surface area contributed by atoms with Crippen LogP contribution in [0, 0.1) is 0 Å². The van der Waals surface area contributed by atoms with Crippen molar-refractivity contribution in [3.8, 4) is 0 Å². The summed E-state index contributed by atoms with van der Waals surface area (Å²) in [6.45, 7) is 9.61. The molecule has 0 amide bonds. The fraction of sp³-hybridized carbons (Fsp3) is 0.467. The molecule has 1 aromatic rings. The van der Waals surface area contributed by atoms with E-state index in [1.807, 2.05) is 18.2 Å². The Hall–Kier alpha value is -0.790. The molecule has 1 aromatic carbocycles. The average Bonchev–Trinajstić information content (AvgIpc) is 2.25. The molecular formula is C15H22ClN. The van der Waals surface area contributed by atoms with E-state index in [-0.39, 0.29) is 5.54 Å². The Bertz CT molecular complexity index is 388. The Morgan fingerprint density at radius 2 is 1.94 bits per heavy atom. The van der Waals surface area contributed by atoms with Gasteiger partial charge in [0, 0.05) is 17.1 Å². The molecule has 0 aromatic heterocycles. The first-order chi connectivity index (χ1) is 7.92. The first-order valence-electron chi connectivity index (χ1n) is 6.11. The lowest BCUT2D eigenvalue weighted by Crippen LogP contribution is -2.36. The molecule has 1 rings (SSSR count). The van der Waals surface area contributed by atoms with Gasteiger partial charge in [-0.2, -0.15) is 0 Å². The van der Waals surface area contributed by atoms with E-state index in [1.54, 1.807) is 0 Å². The highest BCUT2D eigenvalue weighted by molar-refractivity contribution is 6.32. The lowest BCUT2D eigenvalue weighted by Gasteiger charge is -2.21. The molecule has 0 heterocycles. The molecule has 94 valence electrons. The smallest absolute Gasteiger partial charge is 0.0478 e. The summed E-state index contributed by atoms with van der Waals surface area (Å²) >= 11 is 6.15. The Kier molecular flexibility index (Phi) is 5.23. The lowest BCUT2D eigenvalue weighted by molar-refractivity contribution is 0.443. The molecule has 0 atom stereocenters. The van der Waals surface area contributed by atoms with Crippen LogP contribution in [0.1, 0.15) is 39.7 Å². The summed E-state index contributed by atoms with van der Waals surface area (Å²) in [4.78, 5) is 0. The number of hydrogen-bond donors (Lipinski definition) is 1. The highest BCUT2D eigenvalue weighted by Gasteiger charge is 2.09. The number of halogens is 1. The maximum atomic E-state index is 6.15. The van der Waals surface area contributed by atoms with Crippen LogP contribution in [0.25, 0.3) is 6.08 Å². The summed E-state index contributed by atoms with van der Waals surface area (Å²) in [7, 11) is 0. The van der Waals surface area contributed by atoms with Crippen molar-refractivity contribution in [1.29, 1.82) is 0 Å². The predicted molar refractivity (Wildman–Crippen MR) is 77.5 cm³/mol. The number of rotatable bonds is 4. The second kappa shape index (κ2) is 6.23. The van der Waals surface area contributed by atoms with E-state index in [0.29, 0.717) is 0 Å². The highest BCUT2D eigenvalue weighted by atomic mass is 35.5. The maximum Gasteiger partial charge on any atom is 0.0478 e. The minimum atomic E-state index is 0.148. The second-order valence-corrected chi connectivity index (χ2v) is 5.69. The van der Waals surface area contributed by atoms with Crippen LogP contribution >= 0.6 is 11.6 Å².